The van der Waals surface area contributed by atoms with Crippen LogP contribution in [0.4, 0.5) is 5.69 Å². The van der Waals surface area contributed by atoms with Gasteiger partial charge in [-0.15, -0.1) is 0 Å². The number of carboxylic acid groups (broad SMARTS) is 2. The van der Waals surface area contributed by atoms with Crippen LogP contribution in [-0.4, -0.2) is 76.5 Å². The van der Waals surface area contributed by atoms with Crippen molar-refractivity contribution in [2.75, 3.05) is 33.4 Å². The number of carbonyl (C=O) groups is 2. The first-order chi connectivity index (χ1) is 20.9. The Bertz CT molecular complexity index is 1370. The molecule has 0 spiro atoms. The second kappa shape index (κ2) is 15.3. The van der Waals surface area contributed by atoms with Crippen LogP contribution in [0.25, 0.3) is 0 Å². The van der Waals surface area contributed by atoms with E-state index in [1.807, 2.05) is 30.3 Å². The summed E-state index contributed by atoms with van der Waals surface area (Å²) in [7, 11) is 1.58. The lowest BCUT2D eigenvalue weighted by Gasteiger charge is -2.42. The molecule has 0 aromatic heterocycles. The topological polar surface area (TPSA) is 172 Å². The van der Waals surface area contributed by atoms with E-state index in [1.54, 1.807) is 20.9 Å². The van der Waals surface area contributed by atoms with E-state index in [2.05, 4.69) is 5.32 Å². The zero-order valence-corrected chi connectivity index (χ0v) is 25.5. The van der Waals surface area contributed by atoms with E-state index >= 15 is 0 Å². The molecule has 0 saturated heterocycles. The van der Waals surface area contributed by atoms with Crippen LogP contribution >= 0.6 is 0 Å². The Morgan fingerprint density at radius 1 is 0.977 bits per heavy atom. The Labute approximate surface area is 256 Å². The molecule has 1 unspecified atom stereocenters. The smallest absolute Gasteiger partial charge is 0.334 e. The van der Waals surface area contributed by atoms with E-state index in [-0.39, 0.29) is 41.4 Å². The maximum Gasteiger partial charge on any atom is 0.334 e. The molecule has 12 heteroatoms. The number of unbranched alkanes of at least 4 members (excludes halogenated alkanes) is 3. The molecule has 3 rings (SSSR count). The maximum absolute atomic E-state index is 12.5. The Morgan fingerprint density at radius 2 is 1.59 bits per heavy atom. The number of carboxylic acids is 2. The summed E-state index contributed by atoms with van der Waals surface area (Å²) < 4.78 is 11.6. The van der Waals surface area contributed by atoms with Gasteiger partial charge < -0.3 is 35.0 Å². The molecule has 1 aliphatic rings. The Kier molecular flexibility index (Phi) is 11.9. The van der Waals surface area contributed by atoms with Gasteiger partial charge in [-0.3, -0.25) is 10.1 Å². The van der Waals surface area contributed by atoms with E-state index in [0.29, 0.717) is 30.1 Å². The van der Waals surface area contributed by atoms with Gasteiger partial charge in [-0.25, -0.2) is 9.59 Å². The molecule has 44 heavy (non-hydrogen) atoms. The van der Waals surface area contributed by atoms with Crippen LogP contribution in [0.5, 0.6) is 11.5 Å². The Morgan fingerprint density at radius 3 is 2.18 bits per heavy atom. The van der Waals surface area contributed by atoms with Crippen molar-refractivity contribution < 1.29 is 39.3 Å². The zero-order valence-electron chi connectivity index (χ0n) is 25.5. The highest BCUT2D eigenvalue weighted by molar-refractivity contribution is 6.00. The number of nitro benzene ring substituents is 1. The minimum atomic E-state index is -1.73. The van der Waals surface area contributed by atoms with Crippen molar-refractivity contribution >= 4 is 17.6 Å². The number of aliphatic carboxylic acids is 2. The number of aliphatic hydroxyl groups is 1. The number of nitro groups is 1. The third-order valence-electron chi connectivity index (χ3n) is 7.94. The van der Waals surface area contributed by atoms with Gasteiger partial charge in [-0.2, -0.15) is 0 Å². The lowest BCUT2D eigenvalue weighted by Crippen LogP contribution is -2.43. The van der Waals surface area contributed by atoms with E-state index in [9.17, 15) is 35.0 Å². The lowest BCUT2D eigenvalue weighted by atomic mass is 9.66. The fourth-order valence-electron chi connectivity index (χ4n) is 5.51. The van der Waals surface area contributed by atoms with Crippen molar-refractivity contribution in [2.24, 2.45) is 0 Å². The number of nitrogens with zero attached hydrogens (tertiary/aromatic N) is 2. The largest absolute Gasteiger partial charge is 0.493 e. The second-order valence-corrected chi connectivity index (χ2v) is 10.9. The fourth-order valence-corrected chi connectivity index (χ4v) is 5.51. The van der Waals surface area contributed by atoms with Gasteiger partial charge in [0, 0.05) is 42.7 Å². The average Bonchev–Trinajstić information content (AvgIpc) is 2.98. The molecule has 2 aromatic carbocycles. The van der Waals surface area contributed by atoms with Crippen LogP contribution in [0.3, 0.4) is 0 Å². The molecule has 1 heterocycles. The summed E-state index contributed by atoms with van der Waals surface area (Å²) in [5, 5.41) is 45.4. The van der Waals surface area contributed by atoms with Crippen molar-refractivity contribution in [3.8, 4) is 11.5 Å². The van der Waals surface area contributed by atoms with Crippen molar-refractivity contribution in [1.29, 1.82) is 0 Å². The van der Waals surface area contributed by atoms with Crippen molar-refractivity contribution in [2.45, 2.75) is 58.0 Å². The van der Waals surface area contributed by atoms with E-state index in [4.69, 9.17) is 9.47 Å². The lowest BCUT2D eigenvalue weighted by molar-refractivity contribution is -0.385. The molecule has 1 atom stereocenters. The first-order valence-electron chi connectivity index (χ1n) is 14.5. The Balaban J connectivity index is 1.61. The van der Waals surface area contributed by atoms with Gasteiger partial charge in [0.1, 0.15) is 24.2 Å². The first-order valence-corrected chi connectivity index (χ1v) is 14.5. The second-order valence-electron chi connectivity index (χ2n) is 10.9. The van der Waals surface area contributed by atoms with Crippen molar-refractivity contribution in [3.05, 3.63) is 86.7 Å². The predicted molar refractivity (Wildman–Crippen MR) is 164 cm³/mol. The molecule has 0 aliphatic carbocycles. The number of ether oxygens (including phenoxy) is 2. The molecule has 0 saturated carbocycles. The SMILES string of the molecule is CC1=C(C(=O)O)C(C)(c2cc([N+](=O)[O-])ccc2OCCCCCCNCC(O)COc2ccccc2)C(C(=O)O)=C(C)N1C. The zero-order chi connectivity index (χ0) is 32.4. The average molecular weight is 612 g/mol. The number of non-ortho nitro benzene ring substituents is 1. The number of nitrogens with one attached hydrogen (secondary N) is 1. The minimum absolute atomic E-state index is 0.104. The van der Waals surface area contributed by atoms with Gasteiger partial charge in [-0.1, -0.05) is 31.0 Å². The Hall–Kier alpha value is -4.42. The summed E-state index contributed by atoms with van der Waals surface area (Å²) in [5.41, 5.74) is -1.68. The summed E-state index contributed by atoms with van der Waals surface area (Å²) in [4.78, 5) is 37.6. The van der Waals surface area contributed by atoms with E-state index < -0.39 is 28.4 Å². The van der Waals surface area contributed by atoms with E-state index in [0.717, 1.165) is 25.8 Å². The van der Waals surface area contributed by atoms with Gasteiger partial charge >= 0.3 is 11.9 Å². The fraction of sp³-hybridized carbons (Fsp3) is 0.438. The summed E-state index contributed by atoms with van der Waals surface area (Å²) in [6.07, 6.45) is 2.61. The van der Waals surface area contributed by atoms with Crippen molar-refractivity contribution in [1.82, 2.24) is 10.2 Å². The number of benzene rings is 2. The van der Waals surface area contributed by atoms with Gasteiger partial charge in [0.05, 0.1) is 28.1 Å². The quantitative estimate of drug-likeness (QED) is 0.113. The molecule has 0 bridgehead atoms. The number of aliphatic hydroxyl groups excluding tert-OH is 1. The third-order valence-corrected chi connectivity index (χ3v) is 7.94. The molecule has 2 aromatic rings. The minimum Gasteiger partial charge on any atom is -0.493 e. The molecular weight excluding hydrogens is 570 g/mol. The molecule has 238 valence electrons. The molecule has 0 amide bonds. The van der Waals surface area contributed by atoms with Crippen LogP contribution in [0.2, 0.25) is 0 Å². The van der Waals surface area contributed by atoms with Gasteiger partial charge in [0.2, 0.25) is 0 Å². The van der Waals surface area contributed by atoms with Crippen LogP contribution in [0, 0.1) is 10.1 Å². The van der Waals surface area contributed by atoms with Crippen LogP contribution < -0.4 is 14.8 Å². The number of rotatable bonds is 17. The summed E-state index contributed by atoms with van der Waals surface area (Å²) >= 11 is 0. The third kappa shape index (κ3) is 7.94. The molecule has 0 fully saturated rings. The van der Waals surface area contributed by atoms with Crippen LogP contribution in [0.15, 0.2) is 71.1 Å². The number of allylic oxidation sites excluding steroid dienone is 2. The summed E-state index contributed by atoms with van der Waals surface area (Å²) in [6.45, 7) is 6.19. The highest BCUT2D eigenvalue weighted by atomic mass is 16.6. The van der Waals surface area contributed by atoms with Crippen molar-refractivity contribution in [3.63, 3.8) is 0 Å². The van der Waals surface area contributed by atoms with Gasteiger partial charge in [0.25, 0.3) is 5.69 Å². The predicted octanol–water partition coefficient (Wildman–Crippen LogP) is 4.48. The highest BCUT2D eigenvalue weighted by Crippen LogP contribution is 2.50. The van der Waals surface area contributed by atoms with Crippen LogP contribution in [0.1, 0.15) is 52.0 Å². The van der Waals surface area contributed by atoms with Gasteiger partial charge in [-0.05, 0) is 58.4 Å². The number of hydrogen-bond donors (Lipinski definition) is 4. The molecule has 4 N–H and O–H groups in total. The molecular formula is C32H41N3O9. The summed E-state index contributed by atoms with van der Waals surface area (Å²) in [6, 6.07) is 13.2. The van der Waals surface area contributed by atoms with E-state index in [1.165, 1.54) is 30.0 Å². The summed E-state index contributed by atoms with van der Waals surface area (Å²) in [5.74, 6) is -1.76. The molecule has 0 radical (unpaired) electrons. The monoisotopic (exact) mass is 611 g/mol. The number of para-hydroxylation sites is 1. The maximum atomic E-state index is 12.5. The highest BCUT2D eigenvalue weighted by Gasteiger charge is 2.50. The molecule has 12 nitrogen and oxygen atoms in total. The molecule has 1 aliphatic heterocycles. The van der Waals surface area contributed by atoms with Gasteiger partial charge in [0.15, 0.2) is 0 Å². The van der Waals surface area contributed by atoms with Crippen LogP contribution in [-0.2, 0) is 15.0 Å². The standard InChI is InChI=1S/C32H41N3O9/c1-21-28(30(37)38)32(3,29(31(39)40)22(2)34(21)4)26-18-23(35(41)42)14-15-27(26)43-17-11-6-5-10-16-33-19-24(36)20-44-25-12-8-7-9-13-25/h7-9,12-15,18,24,33,36H,5-6,10-11,16-17,19-20H2,1-4H3,(H,37,38)(H,39,40). The number of hydrogen-bond acceptors (Lipinski definition) is 9. The normalized spacial score (nSPS) is 15.2. The first kappa shape index (κ1) is 34.1.